The maximum absolute atomic E-state index is 12.6. The number of amides is 2. The van der Waals surface area contributed by atoms with E-state index in [4.69, 9.17) is 14.2 Å². The number of phenols is 1. The maximum atomic E-state index is 12.6. The van der Waals surface area contributed by atoms with E-state index in [-0.39, 0.29) is 16.9 Å². The predicted molar refractivity (Wildman–Crippen MR) is 111 cm³/mol. The van der Waals surface area contributed by atoms with E-state index in [1.54, 1.807) is 6.07 Å². The molecule has 3 N–H and O–H groups in total. The zero-order chi connectivity index (χ0) is 21.4. The molecule has 0 saturated carbocycles. The van der Waals surface area contributed by atoms with Gasteiger partial charge in [-0.05, 0) is 51.1 Å². The van der Waals surface area contributed by atoms with Gasteiger partial charge in [-0.3, -0.25) is 20.4 Å². The highest BCUT2D eigenvalue weighted by atomic mass is 79.9. The smallest absolute Gasteiger partial charge is 0.273 e. The lowest BCUT2D eigenvalue weighted by Crippen LogP contribution is -2.41. The summed E-state index contributed by atoms with van der Waals surface area (Å²) in [5.41, 5.74) is 4.82. The normalized spacial score (nSPS) is 10.2. The Morgan fingerprint density at radius 3 is 1.97 bits per heavy atom. The van der Waals surface area contributed by atoms with Crippen molar-refractivity contribution in [2.75, 3.05) is 19.8 Å². The van der Waals surface area contributed by atoms with E-state index in [1.165, 1.54) is 24.3 Å². The Labute approximate surface area is 177 Å². The van der Waals surface area contributed by atoms with Gasteiger partial charge in [0.05, 0.1) is 25.4 Å². The average Bonchev–Trinajstić information content (AvgIpc) is 2.68. The van der Waals surface area contributed by atoms with E-state index in [2.05, 4.69) is 26.8 Å². The first-order valence-corrected chi connectivity index (χ1v) is 9.86. The van der Waals surface area contributed by atoms with E-state index in [9.17, 15) is 14.7 Å². The fourth-order valence-electron chi connectivity index (χ4n) is 2.47. The molecule has 2 aromatic rings. The molecule has 8 nitrogen and oxygen atoms in total. The first-order valence-electron chi connectivity index (χ1n) is 9.06. The molecule has 0 aliphatic carbocycles. The summed E-state index contributed by atoms with van der Waals surface area (Å²) in [7, 11) is 0. The monoisotopic (exact) mass is 466 g/mol. The Balaban J connectivity index is 2.21. The second-order valence-electron chi connectivity index (χ2n) is 5.67. The first kappa shape index (κ1) is 22.4. The zero-order valence-electron chi connectivity index (χ0n) is 16.4. The zero-order valence-corrected chi connectivity index (χ0v) is 18.0. The standard InChI is InChI=1S/C20H23BrN2O6/c1-4-27-16-9-12(10-17(28-5-2)18(16)29-6-3)19(25)22-23-20(26)14-8-7-13(21)11-15(14)24/h7-11,24H,4-6H2,1-3H3,(H,22,25)(H,23,26). The van der Waals surface area contributed by atoms with Gasteiger partial charge in [-0.2, -0.15) is 0 Å². The van der Waals surface area contributed by atoms with Gasteiger partial charge in [0.15, 0.2) is 11.5 Å². The van der Waals surface area contributed by atoms with Crippen molar-refractivity contribution in [2.24, 2.45) is 0 Å². The van der Waals surface area contributed by atoms with Gasteiger partial charge in [0.2, 0.25) is 5.75 Å². The summed E-state index contributed by atoms with van der Waals surface area (Å²) in [6.07, 6.45) is 0. The van der Waals surface area contributed by atoms with Gasteiger partial charge in [-0.15, -0.1) is 0 Å². The second kappa shape index (κ2) is 10.6. The molecule has 29 heavy (non-hydrogen) atoms. The molecular formula is C20H23BrN2O6. The molecule has 0 fully saturated rings. The van der Waals surface area contributed by atoms with Crippen molar-refractivity contribution in [1.82, 2.24) is 10.9 Å². The number of nitrogens with one attached hydrogen (secondary N) is 2. The third-order valence-electron chi connectivity index (χ3n) is 3.67. The SMILES string of the molecule is CCOc1cc(C(=O)NNC(=O)c2ccc(Br)cc2O)cc(OCC)c1OCC. The molecule has 0 heterocycles. The number of rotatable bonds is 8. The van der Waals surface area contributed by atoms with Crippen LogP contribution in [0.25, 0.3) is 0 Å². The van der Waals surface area contributed by atoms with Crippen LogP contribution < -0.4 is 25.1 Å². The van der Waals surface area contributed by atoms with Crippen LogP contribution in [0.15, 0.2) is 34.8 Å². The Kier molecular flexibility index (Phi) is 8.14. The highest BCUT2D eigenvalue weighted by molar-refractivity contribution is 9.10. The van der Waals surface area contributed by atoms with Crippen molar-refractivity contribution in [1.29, 1.82) is 0 Å². The molecule has 2 rings (SSSR count). The Bertz CT molecular complexity index is 860. The number of aromatic hydroxyl groups is 1. The number of halogens is 1. The summed E-state index contributed by atoms with van der Waals surface area (Å²) in [4.78, 5) is 24.8. The van der Waals surface area contributed by atoms with E-state index in [1.807, 2.05) is 20.8 Å². The third-order valence-corrected chi connectivity index (χ3v) is 4.16. The largest absolute Gasteiger partial charge is 0.507 e. The molecular weight excluding hydrogens is 444 g/mol. The maximum Gasteiger partial charge on any atom is 0.273 e. The molecule has 0 bridgehead atoms. The molecule has 9 heteroatoms. The first-order chi connectivity index (χ1) is 13.9. The summed E-state index contributed by atoms with van der Waals surface area (Å²) in [6, 6.07) is 7.43. The lowest BCUT2D eigenvalue weighted by Gasteiger charge is -2.17. The fraction of sp³-hybridized carbons (Fsp3) is 0.300. The highest BCUT2D eigenvalue weighted by Crippen LogP contribution is 2.39. The molecule has 0 atom stereocenters. The van der Waals surface area contributed by atoms with Crippen molar-refractivity contribution in [3.63, 3.8) is 0 Å². The summed E-state index contributed by atoms with van der Waals surface area (Å²) >= 11 is 3.20. The van der Waals surface area contributed by atoms with Gasteiger partial charge < -0.3 is 19.3 Å². The molecule has 2 aromatic carbocycles. The minimum atomic E-state index is -0.663. The second-order valence-corrected chi connectivity index (χ2v) is 6.59. The number of ether oxygens (including phenoxy) is 3. The molecule has 0 radical (unpaired) electrons. The van der Waals surface area contributed by atoms with Gasteiger partial charge in [0.1, 0.15) is 5.75 Å². The molecule has 0 aliphatic rings. The van der Waals surface area contributed by atoms with Crippen molar-refractivity contribution in [2.45, 2.75) is 20.8 Å². The van der Waals surface area contributed by atoms with E-state index in [0.29, 0.717) is 41.5 Å². The molecule has 0 aliphatic heterocycles. The molecule has 0 spiro atoms. The Morgan fingerprint density at radius 2 is 1.45 bits per heavy atom. The van der Waals surface area contributed by atoms with E-state index >= 15 is 0 Å². The van der Waals surface area contributed by atoms with E-state index < -0.39 is 11.8 Å². The van der Waals surface area contributed by atoms with Gasteiger partial charge in [0, 0.05) is 10.0 Å². The lowest BCUT2D eigenvalue weighted by atomic mass is 10.1. The number of benzene rings is 2. The van der Waals surface area contributed by atoms with Crippen LogP contribution in [-0.4, -0.2) is 36.7 Å². The van der Waals surface area contributed by atoms with Gasteiger partial charge in [-0.1, -0.05) is 15.9 Å². The van der Waals surface area contributed by atoms with Crippen molar-refractivity contribution in [3.8, 4) is 23.0 Å². The van der Waals surface area contributed by atoms with Crippen LogP contribution in [0.1, 0.15) is 41.5 Å². The van der Waals surface area contributed by atoms with Crippen LogP contribution in [0.5, 0.6) is 23.0 Å². The number of carbonyl (C=O) groups is 2. The average molecular weight is 467 g/mol. The number of hydrazine groups is 1. The summed E-state index contributed by atoms with van der Waals surface area (Å²) < 4.78 is 17.4. The van der Waals surface area contributed by atoms with Crippen LogP contribution in [-0.2, 0) is 0 Å². The molecule has 2 amide bonds. The molecule has 0 unspecified atom stereocenters. The molecule has 156 valence electrons. The lowest BCUT2D eigenvalue weighted by molar-refractivity contribution is 0.0844. The number of hydrogen-bond acceptors (Lipinski definition) is 6. The van der Waals surface area contributed by atoms with Crippen LogP contribution in [0.3, 0.4) is 0 Å². The molecule has 0 saturated heterocycles. The van der Waals surface area contributed by atoms with Crippen LogP contribution in [0, 0.1) is 0 Å². The number of hydrogen-bond donors (Lipinski definition) is 3. The number of phenolic OH excluding ortho intramolecular Hbond substituents is 1. The quantitative estimate of drug-likeness (QED) is 0.514. The van der Waals surface area contributed by atoms with Gasteiger partial charge in [-0.25, -0.2) is 0 Å². The number of carbonyl (C=O) groups excluding carboxylic acids is 2. The van der Waals surface area contributed by atoms with E-state index in [0.717, 1.165) is 0 Å². The Hall–Kier alpha value is -2.94. The fourth-order valence-corrected chi connectivity index (χ4v) is 2.82. The van der Waals surface area contributed by atoms with Gasteiger partial charge in [0.25, 0.3) is 11.8 Å². The van der Waals surface area contributed by atoms with Crippen LogP contribution in [0.2, 0.25) is 0 Å². The molecule has 0 aromatic heterocycles. The predicted octanol–water partition coefficient (Wildman–Crippen LogP) is 3.43. The third kappa shape index (κ3) is 5.77. The summed E-state index contributed by atoms with van der Waals surface area (Å²) in [5.74, 6) is -0.324. The van der Waals surface area contributed by atoms with Gasteiger partial charge >= 0.3 is 0 Å². The van der Waals surface area contributed by atoms with Crippen LogP contribution >= 0.6 is 15.9 Å². The summed E-state index contributed by atoms with van der Waals surface area (Å²) in [6.45, 7) is 6.60. The topological polar surface area (TPSA) is 106 Å². The minimum absolute atomic E-state index is 0.0187. The van der Waals surface area contributed by atoms with Crippen molar-refractivity contribution < 1.29 is 28.9 Å². The highest BCUT2D eigenvalue weighted by Gasteiger charge is 2.19. The van der Waals surface area contributed by atoms with Crippen LogP contribution in [0.4, 0.5) is 0 Å². The van der Waals surface area contributed by atoms with Crippen molar-refractivity contribution in [3.05, 3.63) is 45.9 Å². The Morgan fingerprint density at radius 1 is 0.897 bits per heavy atom. The van der Waals surface area contributed by atoms with Crippen molar-refractivity contribution >= 4 is 27.7 Å². The summed E-state index contributed by atoms with van der Waals surface area (Å²) in [5, 5.41) is 9.87. The minimum Gasteiger partial charge on any atom is -0.507 e.